The van der Waals surface area contributed by atoms with E-state index in [1.54, 1.807) is 25.3 Å². The SMILES string of the molecule is CCOC(=O)CCN(Cc1ccco1)C(=O)COc1ccc(C)cc1. The van der Waals surface area contributed by atoms with Gasteiger partial charge in [-0.05, 0) is 38.1 Å². The lowest BCUT2D eigenvalue weighted by Gasteiger charge is -2.21. The molecule has 1 aromatic carbocycles. The lowest BCUT2D eigenvalue weighted by molar-refractivity contribution is -0.144. The molecule has 0 saturated carbocycles. The van der Waals surface area contributed by atoms with Gasteiger partial charge in [-0.1, -0.05) is 17.7 Å². The van der Waals surface area contributed by atoms with Gasteiger partial charge in [0.25, 0.3) is 5.91 Å². The third-order valence-corrected chi connectivity index (χ3v) is 3.55. The summed E-state index contributed by atoms with van der Waals surface area (Å²) in [7, 11) is 0. The van der Waals surface area contributed by atoms with Crippen molar-refractivity contribution in [2.45, 2.75) is 26.8 Å². The van der Waals surface area contributed by atoms with Gasteiger partial charge in [-0.15, -0.1) is 0 Å². The van der Waals surface area contributed by atoms with Crippen molar-refractivity contribution in [3.05, 3.63) is 54.0 Å². The number of carbonyl (C=O) groups excluding carboxylic acids is 2. The first-order valence-electron chi connectivity index (χ1n) is 8.23. The first-order valence-corrected chi connectivity index (χ1v) is 8.23. The highest BCUT2D eigenvalue weighted by Gasteiger charge is 2.18. The maximum atomic E-state index is 12.5. The van der Waals surface area contributed by atoms with Crippen molar-refractivity contribution in [2.24, 2.45) is 0 Å². The monoisotopic (exact) mass is 345 g/mol. The third kappa shape index (κ3) is 6.33. The fourth-order valence-corrected chi connectivity index (χ4v) is 2.21. The molecule has 0 atom stereocenters. The Labute approximate surface area is 147 Å². The van der Waals surface area contributed by atoms with E-state index in [-0.39, 0.29) is 38.0 Å². The molecule has 0 radical (unpaired) electrons. The molecular weight excluding hydrogens is 322 g/mol. The van der Waals surface area contributed by atoms with E-state index in [9.17, 15) is 9.59 Å². The van der Waals surface area contributed by atoms with E-state index in [0.29, 0.717) is 18.1 Å². The number of furan rings is 1. The summed E-state index contributed by atoms with van der Waals surface area (Å²) >= 11 is 0. The summed E-state index contributed by atoms with van der Waals surface area (Å²) in [6.45, 7) is 4.47. The Morgan fingerprint density at radius 3 is 2.56 bits per heavy atom. The van der Waals surface area contributed by atoms with Crippen LogP contribution in [0.1, 0.15) is 24.7 Å². The smallest absolute Gasteiger partial charge is 0.307 e. The summed E-state index contributed by atoms with van der Waals surface area (Å²) in [6, 6.07) is 11.0. The lowest BCUT2D eigenvalue weighted by Crippen LogP contribution is -2.36. The minimum Gasteiger partial charge on any atom is -0.484 e. The van der Waals surface area contributed by atoms with E-state index in [2.05, 4.69) is 0 Å². The van der Waals surface area contributed by atoms with Crippen LogP contribution < -0.4 is 4.74 Å². The van der Waals surface area contributed by atoms with Crippen molar-refractivity contribution < 1.29 is 23.5 Å². The van der Waals surface area contributed by atoms with Gasteiger partial charge in [0.1, 0.15) is 11.5 Å². The summed E-state index contributed by atoms with van der Waals surface area (Å²) in [5, 5.41) is 0. The Morgan fingerprint density at radius 1 is 1.16 bits per heavy atom. The average molecular weight is 345 g/mol. The molecule has 6 heteroatoms. The van der Waals surface area contributed by atoms with E-state index in [4.69, 9.17) is 13.9 Å². The van der Waals surface area contributed by atoms with Crippen LogP contribution in [-0.4, -0.2) is 36.5 Å². The number of rotatable bonds is 9. The topological polar surface area (TPSA) is 69.0 Å². The highest BCUT2D eigenvalue weighted by atomic mass is 16.5. The highest BCUT2D eigenvalue weighted by molar-refractivity contribution is 5.78. The number of ether oxygens (including phenoxy) is 2. The molecule has 0 fully saturated rings. The molecule has 2 aromatic rings. The predicted octanol–water partition coefficient (Wildman–Crippen LogP) is 2.95. The Balaban J connectivity index is 1.93. The van der Waals surface area contributed by atoms with Gasteiger partial charge >= 0.3 is 5.97 Å². The molecule has 0 unspecified atom stereocenters. The summed E-state index contributed by atoms with van der Waals surface area (Å²) < 4.78 is 15.7. The van der Waals surface area contributed by atoms with Crippen molar-refractivity contribution in [1.82, 2.24) is 4.90 Å². The fourth-order valence-electron chi connectivity index (χ4n) is 2.21. The van der Waals surface area contributed by atoms with Crippen molar-refractivity contribution in [1.29, 1.82) is 0 Å². The number of aryl methyl sites for hydroxylation is 1. The Hall–Kier alpha value is -2.76. The first kappa shape index (κ1) is 18.6. The predicted molar refractivity (Wildman–Crippen MR) is 92.0 cm³/mol. The molecule has 0 N–H and O–H groups in total. The van der Waals surface area contributed by atoms with Crippen LogP contribution >= 0.6 is 0 Å². The van der Waals surface area contributed by atoms with Gasteiger partial charge in [0.05, 0.1) is 25.8 Å². The number of hydrogen-bond acceptors (Lipinski definition) is 5. The van der Waals surface area contributed by atoms with E-state index in [1.165, 1.54) is 4.90 Å². The minimum atomic E-state index is -0.334. The normalized spacial score (nSPS) is 10.3. The maximum Gasteiger partial charge on any atom is 0.307 e. The second-order valence-electron chi connectivity index (χ2n) is 5.55. The molecule has 2 rings (SSSR count). The molecular formula is C19H23NO5. The van der Waals surface area contributed by atoms with E-state index < -0.39 is 0 Å². The molecule has 25 heavy (non-hydrogen) atoms. The van der Waals surface area contributed by atoms with Crippen LogP contribution in [0.3, 0.4) is 0 Å². The molecule has 0 bridgehead atoms. The summed E-state index contributed by atoms with van der Waals surface area (Å²) in [6.07, 6.45) is 1.68. The van der Waals surface area contributed by atoms with E-state index >= 15 is 0 Å². The quantitative estimate of drug-likeness (QED) is 0.654. The second kappa shape index (κ2) is 9.52. The zero-order valence-electron chi connectivity index (χ0n) is 14.6. The van der Waals surface area contributed by atoms with Crippen molar-refractivity contribution in [3.8, 4) is 5.75 Å². The van der Waals surface area contributed by atoms with Crippen LogP contribution in [0.4, 0.5) is 0 Å². The molecule has 134 valence electrons. The molecule has 1 amide bonds. The summed E-state index contributed by atoms with van der Waals surface area (Å²) in [5.74, 6) is 0.718. The standard InChI is InChI=1S/C19H23NO5/c1-3-23-19(22)10-11-20(13-17-5-4-12-24-17)18(21)14-25-16-8-6-15(2)7-9-16/h4-9,12H,3,10-11,13-14H2,1-2H3. The second-order valence-corrected chi connectivity index (χ2v) is 5.55. The summed E-state index contributed by atoms with van der Waals surface area (Å²) in [5.41, 5.74) is 1.12. The van der Waals surface area contributed by atoms with Crippen LogP contribution in [0, 0.1) is 6.92 Å². The minimum absolute atomic E-state index is 0.105. The molecule has 0 saturated heterocycles. The van der Waals surface area contributed by atoms with Gasteiger partial charge in [-0.3, -0.25) is 9.59 Å². The molecule has 0 aliphatic carbocycles. The number of benzene rings is 1. The zero-order chi connectivity index (χ0) is 18.1. The maximum absolute atomic E-state index is 12.5. The first-order chi connectivity index (χ1) is 12.1. The Morgan fingerprint density at radius 2 is 1.92 bits per heavy atom. The van der Waals surface area contributed by atoms with Crippen LogP contribution in [0.25, 0.3) is 0 Å². The fraction of sp³-hybridized carbons (Fsp3) is 0.368. The van der Waals surface area contributed by atoms with E-state index in [1.807, 2.05) is 31.2 Å². The number of carbonyl (C=O) groups is 2. The number of nitrogens with zero attached hydrogens (tertiary/aromatic N) is 1. The third-order valence-electron chi connectivity index (χ3n) is 3.55. The largest absolute Gasteiger partial charge is 0.484 e. The average Bonchev–Trinajstić information content (AvgIpc) is 3.11. The van der Waals surface area contributed by atoms with Crippen molar-refractivity contribution in [3.63, 3.8) is 0 Å². The molecule has 6 nitrogen and oxygen atoms in total. The van der Waals surface area contributed by atoms with Crippen LogP contribution in [0.5, 0.6) is 5.75 Å². The zero-order valence-corrected chi connectivity index (χ0v) is 14.6. The van der Waals surface area contributed by atoms with Gasteiger partial charge in [0.2, 0.25) is 0 Å². The van der Waals surface area contributed by atoms with Crippen LogP contribution in [0.2, 0.25) is 0 Å². The van der Waals surface area contributed by atoms with Gasteiger partial charge in [-0.25, -0.2) is 0 Å². The number of esters is 1. The molecule has 0 spiro atoms. The van der Waals surface area contributed by atoms with Crippen LogP contribution in [0.15, 0.2) is 47.1 Å². The van der Waals surface area contributed by atoms with Gasteiger partial charge in [0.15, 0.2) is 6.61 Å². The van der Waals surface area contributed by atoms with Gasteiger partial charge in [0, 0.05) is 6.54 Å². The number of amides is 1. The summed E-state index contributed by atoms with van der Waals surface area (Å²) in [4.78, 5) is 25.6. The molecule has 1 aromatic heterocycles. The van der Waals surface area contributed by atoms with Gasteiger partial charge < -0.3 is 18.8 Å². The van der Waals surface area contributed by atoms with E-state index in [0.717, 1.165) is 5.56 Å². The van der Waals surface area contributed by atoms with Crippen molar-refractivity contribution >= 4 is 11.9 Å². The highest BCUT2D eigenvalue weighted by Crippen LogP contribution is 2.12. The Bertz CT molecular complexity index is 664. The van der Waals surface area contributed by atoms with Gasteiger partial charge in [-0.2, -0.15) is 0 Å². The Kier molecular flexibility index (Phi) is 7.07. The molecule has 0 aliphatic rings. The van der Waals surface area contributed by atoms with Crippen LogP contribution in [-0.2, 0) is 20.9 Å². The molecule has 0 aliphatic heterocycles. The number of hydrogen-bond donors (Lipinski definition) is 0. The lowest BCUT2D eigenvalue weighted by atomic mass is 10.2. The van der Waals surface area contributed by atoms with Crippen molar-refractivity contribution in [2.75, 3.05) is 19.8 Å². The molecule has 1 heterocycles.